The van der Waals surface area contributed by atoms with Gasteiger partial charge in [-0.25, -0.2) is 9.18 Å². The highest BCUT2D eigenvalue weighted by atomic mass is 19.1. The Morgan fingerprint density at radius 2 is 1.84 bits per heavy atom. The Hall–Kier alpha value is -2.42. The molecular weight excluding hydrogens is 243 g/mol. The number of benzene rings is 2. The van der Waals surface area contributed by atoms with Crippen LogP contribution in [-0.4, -0.2) is 11.1 Å². The van der Waals surface area contributed by atoms with Crippen LogP contribution in [0.25, 0.3) is 11.6 Å². The lowest BCUT2D eigenvalue weighted by molar-refractivity contribution is -0.130. The quantitative estimate of drug-likeness (QED) is 0.670. The Kier molecular flexibility index (Phi) is 3.76. The summed E-state index contributed by atoms with van der Waals surface area (Å²) in [6.45, 7) is 1.65. The van der Waals surface area contributed by atoms with Gasteiger partial charge in [0.25, 0.3) is 0 Å². The Balaban J connectivity index is 2.47. The molecule has 0 aliphatic heterocycles. The van der Waals surface area contributed by atoms with Crippen LogP contribution in [0.4, 0.5) is 4.39 Å². The van der Waals surface area contributed by atoms with Gasteiger partial charge in [-0.2, -0.15) is 0 Å². The van der Waals surface area contributed by atoms with Crippen molar-refractivity contribution in [2.24, 2.45) is 0 Å². The van der Waals surface area contributed by atoms with Gasteiger partial charge < -0.3 is 5.11 Å². The van der Waals surface area contributed by atoms with Crippen LogP contribution in [0.15, 0.2) is 48.5 Å². The predicted molar refractivity (Wildman–Crippen MR) is 73.1 cm³/mol. The van der Waals surface area contributed by atoms with Crippen molar-refractivity contribution in [2.75, 3.05) is 0 Å². The van der Waals surface area contributed by atoms with Crippen molar-refractivity contribution in [3.8, 4) is 0 Å². The van der Waals surface area contributed by atoms with Gasteiger partial charge in [0.1, 0.15) is 5.82 Å². The zero-order chi connectivity index (χ0) is 13.8. The first-order valence-electron chi connectivity index (χ1n) is 5.84. The third-order valence-corrected chi connectivity index (χ3v) is 2.81. The molecule has 2 aromatic rings. The second kappa shape index (κ2) is 5.48. The molecule has 0 saturated heterocycles. The maximum absolute atomic E-state index is 13.2. The van der Waals surface area contributed by atoms with E-state index in [-0.39, 0.29) is 11.4 Å². The first kappa shape index (κ1) is 13.0. The fourth-order valence-electron chi connectivity index (χ4n) is 1.81. The Labute approximate surface area is 110 Å². The van der Waals surface area contributed by atoms with Crippen LogP contribution in [0.3, 0.4) is 0 Å². The number of carbonyl (C=O) groups is 1. The molecule has 96 valence electrons. The van der Waals surface area contributed by atoms with Crippen molar-refractivity contribution in [3.05, 3.63) is 71.0 Å². The number of carboxylic acids is 1. The molecule has 0 aromatic heterocycles. The largest absolute Gasteiger partial charge is 0.478 e. The summed E-state index contributed by atoms with van der Waals surface area (Å²) in [6.07, 6.45) is 1.55. The van der Waals surface area contributed by atoms with Crippen LogP contribution >= 0.6 is 0 Å². The molecule has 1 N–H and O–H groups in total. The fourth-order valence-corrected chi connectivity index (χ4v) is 1.81. The molecule has 0 aliphatic carbocycles. The monoisotopic (exact) mass is 256 g/mol. The van der Waals surface area contributed by atoms with E-state index in [2.05, 4.69) is 0 Å². The van der Waals surface area contributed by atoms with E-state index < -0.39 is 5.97 Å². The number of rotatable bonds is 3. The predicted octanol–water partition coefficient (Wildman–Crippen LogP) is 3.76. The molecule has 0 unspecified atom stereocenters. The van der Waals surface area contributed by atoms with Crippen LogP contribution in [0.5, 0.6) is 0 Å². The molecule has 0 atom stereocenters. The van der Waals surface area contributed by atoms with E-state index in [0.29, 0.717) is 16.7 Å². The van der Waals surface area contributed by atoms with E-state index in [4.69, 9.17) is 0 Å². The van der Waals surface area contributed by atoms with Gasteiger partial charge in [0.2, 0.25) is 0 Å². The third kappa shape index (κ3) is 3.07. The molecule has 0 amide bonds. The SMILES string of the molecule is Cc1cc(/C=C(\C(=O)O)c2ccccc2)ccc1F. The molecule has 3 heteroatoms. The van der Waals surface area contributed by atoms with Gasteiger partial charge in [-0.05, 0) is 41.8 Å². The second-order valence-electron chi connectivity index (χ2n) is 4.24. The van der Waals surface area contributed by atoms with Crippen molar-refractivity contribution in [3.63, 3.8) is 0 Å². The van der Waals surface area contributed by atoms with E-state index in [1.54, 1.807) is 49.4 Å². The minimum atomic E-state index is -1.01. The van der Waals surface area contributed by atoms with Crippen LogP contribution in [0.1, 0.15) is 16.7 Å². The van der Waals surface area contributed by atoms with Crippen LogP contribution in [0.2, 0.25) is 0 Å². The average Bonchev–Trinajstić information content (AvgIpc) is 2.40. The molecule has 0 bridgehead atoms. The molecule has 2 nitrogen and oxygen atoms in total. The van der Waals surface area contributed by atoms with E-state index in [0.717, 1.165) is 0 Å². The number of hydrogen-bond donors (Lipinski definition) is 1. The third-order valence-electron chi connectivity index (χ3n) is 2.81. The van der Waals surface area contributed by atoms with Crippen LogP contribution in [0, 0.1) is 12.7 Å². The zero-order valence-corrected chi connectivity index (χ0v) is 10.4. The molecular formula is C16H13FO2. The Bertz CT molecular complexity index is 630. The van der Waals surface area contributed by atoms with Gasteiger partial charge >= 0.3 is 5.97 Å². The summed E-state index contributed by atoms with van der Waals surface area (Å²) in [7, 11) is 0. The highest BCUT2D eigenvalue weighted by Crippen LogP contribution is 2.19. The van der Waals surface area contributed by atoms with Gasteiger partial charge in [0.05, 0.1) is 5.57 Å². The van der Waals surface area contributed by atoms with Crippen molar-refractivity contribution >= 4 is 17.6 Å². The van der Waals surface area contributed by atoms with Gasteiger partial charge in [-0.15, -0.1) is 0 Å². The molecule has 2 aromatic carbocycles. The normalized spacial score (nSPS) is 11.4. The maximum atomic E-state index is 13.2. The van der Waals surface area contributed by atoms with Crippen LogP contribution in [-0.2, 0) is 4.79 Å². The first-order chi connectivity index (χ1) is 9.08. The Morgan fingerprint density at radius 1 is 1.16 bits per heavy atom. The van der Waals surface area contributed by atoms with Crippen molar-refractivity contribution < 1.29 is 14.3 Å². The van der Waals surface area contributed by atoms with E-state index >= 15 is 0 Å². The van der Waals surface area contributed by atoms with E-state index in [9.17, 15) is 14.3 Å². The molecule has 0 fully saturated rings. The standard InChI is InChI=1S/C16H13FO2/c1-11-9-12(7-8-15(11)17)10-14(16(18)19)13-5-3-2-4-6-13/h2-10H,1H3,(H,18,19)/b14-10-. The minimum absolute atomic E-state index is 0.187. The Morgan fingerprint density at radius 3 is 2.42 bits per heavy atom. The smallest absolute Gasteiger partial charge is 0.336 e. The fraction of sp³-hybridized carbons (Fsp3) is 0.0625. The second-order valence-corrected chi connectivity index (χ2v) is 4.24. The summed E-state index contributed by atoms with van der Waals surface area (Å²) in [5.41, 5.74) is 1.97. The summed E-state index contributed by atoms with van der Waals surface area (Å²) in [5.74, 6) is -1.30. The molecule has 0 spiro atoms. The number of aryl methyl sites for hydroxylation is 1. The lowest BCUT2D eigenvalue weighted by Crippen LogP contribution is -1.99. The zero-order valence-electron chi connectivity index (χ0n) is 10.4. The van der Waals surface area contributed by atoms with E-state index in [1.807, 2.05) is 6.07 Å². The van der Waals surface area contributed by atoms with Crippen molar-refractivity contribution in [2.45, 2.75) is 6.92 Å². The van der Waals surface area contributed by atoms with Gasteiger partial charge in [-0.1, -0.05) is 36.4 Å². The number of halogens is 1. The summed E-state index contributed by atoms with van der Waals surface area (Å²) in [4.78, 5) is 11.3. The summed E-state index contributed by atoms with van der Waals surface area (Å²) >= 11 is 0. The number of hydrogen-bond acceptors (Lipinski definition) is 1. The average molecular weight is 256 g/mol. The summed E-state index contributed by atoms with van der Waals surface area (Å²) in [5, 5.41) is 9.27. The number of carboxylic acid groups (broad SMARTS) is 1. The van der Waals surface area contributed by atoms with Gasteiger partial charge in [0, 0.05) is 0 Å². The molecule has 0 saturated carbocycles. The maximum Gasteiger partial charge on any atom is 0.336 e. The highest BCUT2D eigenvalue weighted by molar-refractivity contribution is 6.20. The van der Waals surface area contributed by atoms with Gasteiger partial charge in [0.15, 0.2) is 0 Å². The molecule has 0 aliphatic rings. The number of aliphatic carboxylic acids is 1. The molecule has 2 rings (SSSR count). The van der Waals surface area contributed by atoms with Crippen LogP contribution < -0.4 is 0 Å². The minimum Gasteiger partial charge on any atom is -0.478 e. The lowest BCUT2D eigenvalue weighted by Gasteiger charge is -2.04. The van der Waals surface area contributed by atoms with Gasteiger partial charge in [-0.3, -0.25) is 0 Å². The topological polar surface area (TPSA) is 37.3 Å². The summed E-state index contributed by atoms with van der Waals surface area (Å²) in [6, 6.07) is 13.4. The lowest BCUT2D eigenvalue weighted by atomic mass is 10.0. The summed E-state index contributed by atoms with van der Waals surface area (Å²) < 4.78 is 13.2. The molecule has 0 heterocycles. The molecule has 0 radical (unpaired) electrons. The first-order valence-corrected chi connectivity index (χ1v) is 5.84. The van der Waals surface area contributed by atoms with Crippen molar-refractivity contribution in [1.82, 2.24) is 0 Å². The van der Waals surface area contributed by atoms with Crippen molar-refractivity contribution in [1.29, 1.82) is 0 Å². The van der Waals surface area contributed by atoms with E-state index in [1.165, 1.54) is 6.07 Å². The molecule has 19 heavy (non-hydrogen) atoms. The highest BCUT2D eigenvalue weighted by Gasteiger charge is 2.10.